The summed E-state index contributed by atoms with van der Waals surface area (Å²) in [4.78, 5) is 3.38. The highest BCUT2D eigenvalue weighted by atomic mass is 35.5. The first-order valence-electron chi connectivity index (χ1n) is 3.65. The maximum absolute atomic E-state index is 12.4. The molecule has 0 aliphatic heterocycles. The summed E-state index contributed by atoms with van der Waals surface area (Å²) in [6.45, 7) is 1.81. The van der Waals surface area contributed by atoms with Crippen LogP contribution in [0.3, 0.4) is 0 Å². The molecule has 0 amide bonds. The van der Waals surface area contributed by atoms with E-state index in [2.05, 4.69) is 4.98 Å². The molecule has 0 aliphatic rings. The number of aliphatic hydroxyl groups is 1. The molecular formula is C8H9ClFNO. The lowest BCUT2D eigenvalue weighted by Crippen LogP contribution is -1.98. The summed E-state index contributed by atoms with van der Waals surface area (Å²) >= 11 is 5.59. The minimum absolute atomic E-state index is 0.0318. The lowest BCUT2D eigenvalue weighted by atomic mass is 10.1. The van der Waals surface area contributed by atoms with E-state index in [1.54, 1.807) is 0 Å². The van der Waals surface area contributed by atoms with Crippen molar-refractivity contribution in [2.24, 2.45) is 0 Å². The Morgan fingerprint density at radius 3 is 2.83 bits per heavy atom. The van der Waals surface area contributed by atoms with Gasteiger partial charge in [-0.15, -0.1) is 0 Å². The number of aromatic nitrogens is 1. The average Bonchev–Trinajstić information content (AvgIpc) is 2.03. The van der Waals surface area contributed by atoms with Gasteiger partial charge in [0.1, 0.15) is 5.15 Å². The number of hydrogen-bond acceptors (Lipinski definition) is 2. The zero-order chi connectivity index (χ0) is 9.14. The molecular weight excluding hydrogens is 181 g/mol. The predicted molar refractivity (Wildman–Crippen MR) is 44.5 cm³/mol. The molecule has 0 aromatic carbocycles. The molecule has 0 fully saturated rings. The monoisotopic (exact) mass is 189 g/mol. The fourth-order valence-corrected chi connectivity index (χ4v) is 1.16. The van der Waals surface area contributed by atoms with Gasteiger partial charge in [-0.3, -0.25) is 0 Å². The summed E-state index contributed by atoms with van der Waals surface area (Å²) in [6, 6.07) is 2.62. The van der Waals surface area contributed by atoms with E-state index in [1.165, 1.54) is 12.1 Å². The Hall–Kier alpha value is -0.670. The molecule has 1 aromatic rings. The van der Waals surface area contributed by atoms with Crippen molar-refractivity contribution >= 4 is 11.6 Å². The van der Waals surface area contributed by atoms with Gasteiger partial charge in [-0.1, -0.05) is 18.5 Å². The predicted octanol–water partition coefficient (Wildman–Crippen LogP) is 2.32. The van der Waals surface area contributed by atoms with Crippen LogP contribution in [0.25, 0.3) is 0 Å². The van der Waals surface area contributed by atoms with Gasteiger partial charge < -0.3 is 5.11 Å². The lowest BCUT2D eigenvalue weighted by Gasteiger charge is -2.08. The fraction of sp³-hybridized carbons (Fsp3) is 0.375. The summed E-state index contributed by atoms with van der Waals surface area (Å²) < 4.78 is 12.4. The molecule has 0 saturated carbocycles. The second-order valence-corrected chi connectivity index (χ2v) is 2.80. The van der Waals surface area contributed by atoms with Crippen molar-refractivity contribution in [3.05, 3.63) is 28.8 Å². The van der Waals surface area contributed by atoms with Crippen molar-refractivity contribution in [1.82, 2.24) is 4.98 Å². The molecule has 1 rings (SSSR count). The molecule has 0 saturated heterocycles. The van der Waals surface area contributed by atoms with Crippen LogP contribution in [0.4, 0.5) is 4.39 Å². The molecule has 12 heavy (non-hydrogen) atoms. The SMILES string of the molecule is CCC(O)c1ccc(F)nc1Cl. The van der Waals surface area contributed by atoms with Gasteiger partial charge >= 0.3 is 0 Å². The molecule has 4 heteroatoms. The summed E-state index contributed by atoms with van der Waals surface area (Å²) in [7, 11) is 0. The third-order valence-corrected chi connectivity index (χ3v) is 1.89. The van der Waals surface area contributed by atoms with Crippen LogP contribution in [0.2, 0.25) is 5.15 Å². The van der Waals surface area contributed by atoms with Crippen LogP contribution in [-0.2, 0) is 0 Å². The number of hydrogen-bond donors (Lipinski definition) is 1. The molecule has 0 radical (unpaired) electrons. The Bertz CT molecular complexity index is 280. The normalized spacial score (nSPS) is 13.0. The third-order valence-electron chi connectivity index (χ3n) is 1.59. The van der Waals surface area contributed by atoms with Gasteiger partial charge in [-0.2, -0.15) is 4.39 Å². The summed E-state index contributed by atoms with van der Waals surface area (Å²) in [6.07, 6.45) is -0.127. The van der Waals surface area contributed by atoms with Gasteiger partial charge in [0.2, 0.25) is 5.95 Å². The van der Waals surface area contributed by atoms with Gasteiger partial charge in [0.25, 0.3) is 0 Å². The molecule has 0 spiro atoms. The quantitative estimate of drug-likeness (QED) is 0.725. The van der Waals surface area contributed by atoms with Crippen LogP contribution >= 0.6 is 11.6 Å². The van der Waals surface area contributed by atoms with Gasteiger partial charge in [-0.05, 0) is 18.6 Å². The highest BCUT2D eigenvalue weighted by molar-refractivity contribution is 6.30. The zero-order valence-electron chi connectivity index (χ0n) is 6.59. The third kappa shape index (κ3) is 1.93. The first kappa shape index (κ1) is 9.42. The van der Waals surface area contributed by atoms with E-state index < -0.39 is 12.1 Å². The molecule has 1 atom stereocenters. The summed E-state index contributed by atoms with van der Waals surface area (Å²) in [5.74, 6) is -0.632. The zero-order valence-corrected chi connectivity index (χ0v) is 7.35. The van der Waals surface area contributed by atoms with Crippen molar-refractivity contribution in [1.29, 1.82) is 0 Å². The molecule has 1 unspecified atom stereocenters. The van der Waals surface area contributed by atoms with E-state index in [4.69, 9.17) is 11.6 Å². The first-order valence-corrected chi connectivity index (χ1v) is 4.03. The Labute approximate surface area is 75.0 Å². The number of nitrogens with zero attached hydrogens (tertiary/aromatic N) is 1. The van der Waals surface area contributed by atoms with Crippen LogP contribution in [0.15, 0.2) is 12.1 Å². The van der Waals surface area contributed by atoms with E-state index in [0.29, 0.717) is 12.0 Å². The number of rotatable bonds is 2. The maximum atomic E-state index is 12.4. The van der Waals surface area contributed by atoms with Crippen LogP contribution in [0.5, 0.6) is 0 Å². The number of halogens is 2. The smallest absolute Gasteiger partial charge is 0.214 e. The highest BCUT2D eigenvalue weighted by Gasteiger charge is 2.10. The average molecular weight is 190 g/mol. The van der Waals surface area contributed by atoms with Gasteiger partial charge in [0, 0.05) is 5.56 Å². The Kier molecular flexibility index (Phi) is 3.00. The van der Waals surface area contributed by atoms with Crippen molar-refractivity contribution in [2.75, 3.05) is 0 Å². The largest absolute Gasteiger partial charge is 0.388 e. The number of aliphatic hydroxyl groups excluding tert-OH is 1. The first-order chi connectivity index (χ1) is 5.65. The van der Waals surface area contributed by atoms with Gasteiger partial charge in [0.15, 0.2) is 0 Å². The molecule has 1 aromatic heterocycles. The summed E-state index contributed by atoms with van der Waals surface area (Å²) in [5.41, 5.74) is 0.473. The minimum atomic E-state index is -0.661. The van der Waals surface area contributed by atoms with Crippen molar-refractivity contribution in [3.8, 4) is 0 Å². The van der Waals surface area contributed by atoms with E-state index in [9.17, 15) is 9.50 Å². The molecule has 0 aliphatic carbocycles. The topological polar surface area (TPSA) is 33.1 Å². The molecule has 1 heterocycles. The van der Waals surface area contributed by atoms with Crippen LogP contribution in [0.1, 0.15) is 25.0 Å². The van der Waals surface area contributed by atoms with Gasteiger partial charge in [-0.25, -0.2) is 4.98 Å². The minimum Gasteiger partial charge on any atom is -0.388 e. The highest BCUT2D eigenvalue weighted by Crippen LogP contribution is 2.22. The van der Waals surface area contributed by atoms with Crippen molar-refractivity contribution < 1.29 is 9.50 Å². The fourth-order valence-electron chi connectivity index (χ4n) is 0.891. The van der Waals surface area contributed by atoms with E-state index in [-0.39, 0.29) is 5.15 Å². The maximum Gasteiger partial charge on any atom is 0.214 e. The molecule has 66 valence electrons. The van der Waals surface area contributed by atoms with E-state index >= 15 is 0 Å². The molecule has 2 nitrogen and oxygen atoms in total. The van der Waals surface area contributed by atoms with E-state index in [1.807, 2.05) is 6.92 Å². The van der Waals surface area contributed by atoms with Crippen molar-refractivity contribution in [2.45, 2.75) is 19.4 Å². The lowest BCUT2D eigenvalue weighted by molar-refractivity contribution is 0.173. The summed E-state index contributed by atoms with van der Waals surface area (Å²) in [5, 5.41) is 9.39. The van der Waals surface area contributed by atoms with Crippen LogP contribution in [0, 0.1) is 5.95 Å². The molecule has 0 bridgehead atoms. The number of pyridine rings is 1. The van der Waals surface area contributed by atoms with Crippen LogP contribution < -0.4 is 0 Å². The standard InChI is InChI=1S/C8H9ClFNO/c1-2-6(12)5-3-4-7(10)11-8(5)9/h3-4,6,12H,2H2,1H3. The van der Waals surface area contributed by atoms with Gasteiger partial charge in [0.05, 0.1) is 6.10 Å². The second kappa shape index (κ2) is 3.83. The molecule has 1 N–H and O–H groups in total. The Balaban J connectivity index is 3.01. The van der Waals surface area contributed by atoms with Crippen molar-refractivity contribution in [3.63, 3.8) is 0 Å². The second-order valence-electron chi connectivity index (χ2n) is 2.44. The Morgan fingerprint density at radius 1 is 1.67 bits per heavy atom. The Morgan fingerprint density at radius 2 is 2.33 bits per heavy atom. The van der Waals surface area contributed by atoms with E-state index in [0.717, 1.165) is 0 Å². The van der Waals surface area contributed by atoms with Crippen LogP contribution in [-0.4, -0.2) is 10.1 Å².